The molecular formula is C6H18Si2. The van der Waals surface area contributed by atoms with E-state index >= 15 is 0 Å². The quantitative estimate of drug-likeness (QED) is 0.508. The van der Waals surface area contributed by atoms with E-state index in [0.29, 0.717) is 0 Å². The van der Waals surface area contributed by atoms with Crippen molar-refractivity contribution >= 4 is 18.1 Å². The topological polar surface area (TPSA) is 0 Å². The maximum absolute atomic E-state index is 2.38. The first-order valence-electron chi connectivity index (χ1n) is 3.55. The molecule has 0 radical (unpaired) electrons. The van der Waals surface area contributed by atoms with Crippen molar-refractivity contribution in [2.75, 3.05) is 0 Å². The van der Waals surface area contributed by atoms with E-state index in [1.165, 1.54) is 9.76 Å². The summed E-state index contributed by atoms with van der Waals surface area (Å²) >= 11 is 0. The first kappa shape index (κ1) is 8.43. The second-order valence-corrected chi connectivity index (χ2v) is 11.7. The molecular weight excluding hydrogens is 128 g/mol. The third-order valence-corrected chi connectivity index (χ3v) is 14.3. The smallest absolute Gasteiger partial charge is 0.0252 e. The van der Waals surface area contributed by atoms with Gasteiger partial charge in [-0.2, -0.15) is 0 Å². The Morgan fingerprint density at radius 3 is 1.25 bits per heavy atom. The number of rotatable bonds is 2. The minimum atomic E-state index is -0.210. The van der Waals surface area contributed by atoms with Gasteiger partial charge in [-0.3, -0.25) is 0 Å². The normalized spacial score (nSPS) is 12.4. The minimum Gasteiger partial charge on any atom is -0.0656 e. The van der Waals surface area contributed by atoms with Crippen molar-refractivity contribution in [2.24, 2.45) is 0 Å². The minimum absolute atomic E-state index is 0.210. The predicted molar refractivity (Wildman–Crippen MR) is 47.3 cm³/mol. The van der Waals surface area contributed by atoms with Crippen LogP contribution >= 0.6 is 0 Å². The Morgan fingerprint density at radius 2 is 1.25 bits per heavy atom. The lowest BCUT2D eigenvalue weighted by molar-refractivity contribution is 0.961. The second kappa shape index (κ2) is 3.46. The molecule has 0 rings (SSSR count). The van der Waals surface area contributed by atoms with Gasteiger partial charge < -0.3 is 0 Å². The monoisotopic (exact) mass is 146 g/mol. The molecule has 50 valence electrons. The zero-order valence-corrected chi connectivity index (χ0v) is 9.89. The van der Waals surface area contributed by atoms with Crippen LogP contribution in [0.25, 0.3) is 0 Å². The summed E-state index contributed by atoms with van der Waals surface area (Å²) in [4.78, 5) is 0. The van der Waals surface area contributed by atoms with E-state index in [0.717, 1.165) is 11.1 Å². The first-order chi connectivity index (χ1) is 3.55. The van der Waals surface area contributed by atoms with Crippen LogP contribution in [0.1, 0.15) is 27.7 Å². The van der Waals surface area contributed by atoms with Gasteiger partial charge in [0, 0.05) is 8.31 Å². The van der Waals surface area contributed by atoms with Crippen LogP contribution in [-0.2, 0) is 0 Å². The van der Waals surface area contributed by atoms with Crippen molar-refractivity contribution in [1.82, 2.24) is 0 Å². The third kappa shape index (κ3) is 2.67. The summed E-state index contributed by atoms with van der Waals surface area (Å²) in [6, 6.07) is 0. The van der Waals surface area contributed by atoms with Crippen LogP contribution in [0.3, 0.4) is 0 Å². The lowest BCUT2D eigenvalue weighted by Crippen LogP contribution is -2.20. The molecule has 0 saturated heterocycles. The highest BCUT2D eigenvalue weighted by Crippen LogP contribution is 2.15. The standard InChI is InChI=1S/C6H18Si2/c1-5(2)8(7)6(3)4/h5-6,8H,1-4,7H3. The molecule has 0 atom stereocenters. The average molecular weight is 146 g/mol. The van der Waals surface area contributed by atoms with Crippen molar-refractivity contribution < 1.29 is 0 Å². The van der Waals surface area contributed by atoms with Crippen molar-refractivity contribution in [3.8, 4) is 0 Å². The van der Waals surface area contributed by atoms with Crippen LogP contribution in [-0.4, -0.2) is 18.1 Å². The summed E-state index contributed by atoms with van der Waals surface area (Å²) in [5, 5.41) is 0. The van der Waals surface area contributed by atoms with Gasteiger partial charge in [0.25, 0.3) is 0 Å². The third-order valence-electron chi connectivity index (χ3n) is 2.10. The van der Waals surface area contributed by atoms with Gasteiger partial charge in [0.2, 0.25) is 0 Å². The maximum atomic E-state index is 2.38. The van der Waals surface area contributed by atoms with Crippen molar-refractivity contribution in [1.29, 1.82) is 0 Å². The molecule has 0 aliphatic carbocycles. The molecule has 0 amide bonds. The molecule has 0 aromatic heterocycles. The molecule has 0 aliphatic heterocycles. The van der Waals surface area contributed by atoms with Crippen LogP contribution in [0.15, 0.2) is 0 Å². The van der Waals surface area contributed by atoms with Gasteiger partial charge in [0.15, 0.2) is 0 Å². The SMILES string of the molecule is CC(C)[SiH]([SiH3])C(C)C. The maximum Gasteiger partial charge on any atom is 0.0252 e. The van der Waals surface area contributed by atoms with E-state index in [1.807, 2.05) is 0 Å². The molecule has 0 fully saturated rings. The average Bonchev–Trinajstić information content (AvgIpc) is 1.64. The van der Waals surface area contributed by atoms with Crippen molar-refractivity contribution in [3.63, 3.8) is 0 Å². The van der Waals surface area contributed by atoms with E-state index in [4.69, 9.17) is 0 Å². The summed E-state index contributed by atoms with van der Waals surface area (Å²) in [5.41, 5.74) is 2.09. The van der Waals surface area contributed by atoms with Crippen molar-refractivity contribution in [3.05, 3.63) is 0 Å². The number of hydrogen-bond acceptors (Lipinski definition) is 0. The predicted octanol–water partition coefficient (Wildman–Crippen LogP) is 0.896. The van der Waals surface area contributed by atoms with Crippen LogP contribution in [0, 0.1) is 0 Å². The largest absolute Gasteiger partial charge is 0.0656 e. The van der Waals surface area contributed by atoms with Crippen LogP contribution < -0.4 is 0 Å². The molecule has 0 nitrogen and oxygen atoms in total. The van der Waals surface area contributed by atoms with E-state index in [-0.39, 0.29) is 8.31 Å². The van der Waals surface area contributed by atoms with E-state index < -0.39 is 0 Å². The Hall–Kier alpha value is 0.434. The van der Waals surface area contributed by atoms with Gasteiger partial charge in [-0.15, -0.1) is 0 Å². The highest BCUT2D eigenvalue weighted by molar-refractivity contribution is 7.04. The summed E-state index contributed by atoms with van der Waals surface area (Å²) in [6.45, 7) is 9.52. The molecule has 0 aliphatic rings. The molecule has 2 heteroatoms. The molecule has 0 heterocycles. The van der Waals surface area contributed by atoms with Crippen LogP contribution in [0.4, 0.5) is 0 Å². The fraction of sp³-hybridized carbons (Fsp3) is 1.00. The van der Waals surface area contributed by atoms with Gasteiger partial charge >= 0.3 is 0 Å². The molecule has 8 heavy (non-hydrogen) atoms. The highest BCUT2D eigenvalue weighted by Gasteiger charge is 2.11. The highest BCUT2D eigenvalue weighted by atomic mass is 29.1. The Bertz CT molecular complexity index is 51.5. The lowest BCUT2D eigenvalue weighted by Gasteiger charge is -2.16. The van der Waals surface area contributed by atoms with Crippen LogP contribution in [0.5, 0.6) is 0 Å². The molecule has 0 spiro atoms. The number of hydrogen-bond donors (Lipinski definition) is 0. The molecule has 0 aromatic carbocycles. The van der Waals surface area contributed by atoms with Crippen molar-refractivity contribution in [2.45, 2.75) is 38.8 Å². The summed E-state index contributed by atoms with van der Waals surface area (Å²) in [5.74, 6) is 0. The molecule has 0 N–H and O–H groups in total. The van der Waals surface area contributed by atoms with E-state index in [2.05, 4.69) is 27.7 Å². The fourth-order valence-electron chi connectivity index (χ4n) is 0.770. The Balaban J connectivity index is 3.46. The molecule has 0 bridgehead atoms. The van der Waals surface area contributed by atoms with Gasteiger partial charge in [-0.05, 0) is 9.76 Å². The molecule has 0 aromatic rings. The lowest BCUT2D eigenvalue weighted by atomic mass is 10.5. The Labute approximate surface area is 57.5 Å². The van der Waals surface area contributed by atoms with Gasteiger partial charge in [0.05, 0.1) is 0 Å². The Kier molecular flexibility index (Phi) is 3.65. The zero-order chi connectivity index (χ0) is 6.73. The summed E-state index contributed by atoms with van der Waals surface area (Å²) in [7, 11) is 1.29. The van der Waals surface area contributed by atoms with Gasteiger partial charge in [0.1, 0.15) is 0 Å². The summed E-state index contributed by atoms with van der Waals surface area (Å²) < 4.78 is 0. The first-order valence-corrected chi connectivity index (χ1v) is 9.51. The Morgan fingerprint density at radius 1 is 1.00 bits per heavy atom. The van der Waals surface area contributed by atoms with E-state index in [9.17, 15) is 0 Å². The fourth-order valence-corrected chi connectivity index (χ4v) is 2.31. The van der Waals surface area contributed by atoms with E-state index in [1.54, 1.807) is 0 Å². The summed E-state index contributed by atoms with van der Waals surface area (Å²) in [6.07, 6.45) is 0. The molecule has 0 unspecified atom stereocenters. The van der Waals surface area contributed by atoms with Gasteiger partial charge in [-0.25, -0.2) is 0 Å². The second-order valence-electron chi connectivity index (χ2n) is 3.35. The van der Waals surface area contributed by atoms with Crippen LogP contribution in [0.2, 0.25) is 11.1 Å². The van der Waals surface area contributed by atoms with Gasteiger partial charge in [-0.1, -0.05) is 38.8 Å². The molecule has 0 saturated carbocycles. The zero-order valence-electron chi connectivity index (χ0n) is 6.73.